The predicted molar refractivity (Wildman–Crippen MR) is 124 cm³/mol. The van der Waals surface area contributed by atoms with E-state index in [4.69, 9.17) is 27.9 Å². The highest BCUT2D eigenvalue weighted by atomic mass is 35.5. The van der Waals surface area contributed by atoms with Crippen LogP contribution in [0.1, 0.15) is 6.92 Å². The minimum atomic E-state index is -0.554. The Hall–Kier alpha value is -2.66. The molecule has 1 aromatic heterocycles. The van der Waals surface area contributed by atoms with E-state index in [0.29, 0.717) is 29.2 Å². The van der Waals surface area contributed by atoms with Crippen LogP contribution in [0.15, 0.2) is 47.6 Å². The van der Waals surface area contributed by atoms with Crippen LogP contribution in [0.25, 0.3) is 11.4 Å². The first kappa shape index (κ1) is 24.0. The minimum Gasteiger partial charge on any atom is -0.383 e. The second-order valence-electron chi connectivity index (χ2n) is 6.63. The minimum absolute atomic E-state index is 0.0815. The Kier molecular flexibility index (Phi) is 8.08. The number of rotatable bonds is 9. The normalized spacial score (nSPS) is 11.9. The highest BCUT2D eigenvalue weighted by Crippen LogP contribution is 2.30. The number of nitrogens with zero attached hydrogens (tertiary/aromatic N) is 4. The Bertz CT molecular complexity index is 1120. The predicted octanol–water partition coefficient (Wildman–Crippen LogP) is 4.93. The lowest BCUT2D eigenvalue weighted by molar-refractivity contribution is -0.384. The number of nitrogens with one attached hydrogen (secondary N) is 1. The largest absolute Gasteiger partial charge is 0.383 e. The van der Waals surface area contributed by atoms with Crippen LogP contribution in [0.3, 0.4) is 0 Å². The molecular formula is C20H19Cl2N5O4S. The lowest BCUT2D eigenvalue weighted by atomic mass is 10.2. The molecule has 0 spiro atoms. The van der Waals surface area contributed by atoms with Gasteiger partial charge in [-0.25, -0.2) is 0 Å². The third-order valence-corrected chi connectivity index (χ3v) is 6.06. The summed E-state index contributed by atoms with van der Waals surface area (Å²) in [6.07, 6.45) is 0. The Morgan fingerprint density at radius 2 is 1.97 bits per heavy atom. The van der Waals surface area contributed by atoms with E-state index >= 15 is 0 Å². The Morgan fingerprint density at radius 1 is 1.25 bits per heavy atom. The molecular weight excluding hydrogens is 477 g/mol. The molecule has 3 rings (SSSR count). The SMILES string of the molecule is COCCn1c(S[C@H](C)C(=O)Nc2ccc([N+](=O)[O-])cc2Cl)nnc1-c1ccc(Cl)cc1. The molecule has 1 heterocycles. The second-order valence-corrected chi connectivity index (χ2v) is 8.78. The number of nitro benzene ring substituents is 1. The number of halogens is 2. The first-order chi connectivity index (χ1) is 15.3. The van der Waals surface area contributed by atoms with Crippen LogP contribution in [-0.2, 0) is 16.1 Å². The standard InChI is InChI=1S/C20H19Cl2N5O4S/c1-12(19(28)23-17-8-7-15(27(29)30)11-16(17)22)32-20-25-24-18(26(20)9-10-31-2)13-3-5-14(21)6-4-13/h3-8,11-12H,9-10H2,1-2H3,(H,23,28)/t12-/m1/s1. The summed E-state index contributed by atoms with van der Waals surface area (Å²) < 4.78 is 7.08. The topological polar surface area (TPSA) is 112 Å². The van der Waals surface area contributed by atoms with E-state index in [1.807, 2.05) is 16.7 Å². The summed E-state index contributed by atoms with van der Waals surface area (Å²) >= 11 is 13.3. The van der Waals surface area contributed by atoms with Crippen molar-refractivity contribution in [2.75, 3.05) is 19.0 Å². The van der Waals surface area contributed by atoms with Crippen molar-refractivity contribution in [1.82, 2.24) is 14.8 Å². The number of nitro groups is 1. The molecule has 0 saturated carbocycles. The number of hydrogen-bond acceptors (Lipinski definition) is 7. The number of benzene rings is 2. The van der Waals surface area contributed by atoms with Gasteiger partial charge in [0.1, 0.15) is 0 Å². The summed E-state index contributed by atoms with van der Waals surface area (Å²) in [5.41, 5.74) is 0.966. The number of carbonyl (C=O) groups is 1. The van der Waals surface area contributed by atoms with Crippen LogP contribution in [0, 0.1) is 10.1 Å². The van der Waals surface area contributed by atoms with E-state index < -0.39 is 10.2 Å². The van der Waals surface area contributed by atoms with Gasteiger partial charge in [0.25, 0.3) is 5.69 Å². The van der Waals surface area contributed by atoms with Crippen molar-refractivity contribution in [1.29, 1.82) is 0 Å². The highest BCUT2D eigenvalue weighted by molar-refractivity contribution is 8.00. The highest BCUT2D eigenvalue weighted by Gasteiger charge is 2.22. The van der Waals surface area contributed by atoms with Crippen molar-refractivity contribution in [3.05, 3.63) is 62.6 Å². The van der Waals surface area contributed by atoms with Gasteiger partial charge in [0, 0.05) is 29.8 Å². The van der Waals surface area contributed by atoms with E-state index in [-0.39, 0.29) is 22.3 Å². The number of hydrogen-bond donors (Lipinski definition) is 1. The zero-order valence-electron chi connectivity index (χ0n) is 17.1. The van der Waals surface area contributed by atoms with Crippen molar-refractivity contribution in [2.45, 2.75) is 23.9 Å². The quantitative estimate of drug-likeness (QED) is 0.254. The fourth-order valence-electron chi connectivity index (χ4n) is 2.74. The lowest BCUT2D eigenvalue weighted by Crippen LogP contribution is -2.23. The van der Waals surface area contributed by atoms with Crippen LogP contribution in [-0.4, -0.2) is 44.6 Å². The van der Waals surface area contributed by atoms with Crippen LogP contribution < -0.4 is 5.32 Å². The Morgan fingerprint density at radius 3 is 2.59 bits per heavy atom. The molecule has 32 heavy (non-hydrogen) atoms. The van der Waals surface area contributed by atoms with Crippen LogP contribution in [0.2, 0.25) is 10.0 Å². The first-order valence-corrected chi connectivity index (χ1v) is 11.0. The second kappa shape index (κ2) is 10.8. The van der Waals surface area contributed by atoms with Crippen molar-refractivity contribution in [3.63, 3.8) is 0 Å². The summed E-state index contributed by atoms with van der Waals surface area (Å²) in [5, 5.41) is 22.8. The van der Waals surface area contributed by atoms with Gasteiger partial charge in [-0.05, 0) is 37.3 Å². The van der Waals surface area contributed by atoms with Gasteiger partial charge in [-0.15, -0.1) is 10.2 Å². The van der Waals surface area contributed by atoms with Gasteiger partial charge < -0.3 is 10.1 Å². The fourth-order valence-corrected chi connectivity index (χ4v) is 3.96. The number of non-ortho nitro benzene ring substituents is 1. The summed E-state index contributed by atoms with van der Waals surface area (Å²) in [6, 6.07) is 11.1. The van der Waals surface area contributed by atoms with Crippen molar-refractivity contribution >= 4 is 52.2 Å². The molecule has 0 aliphatic rings. The molecule has 0 bridgehead atoms. The van der Waals surface area contributed by atoms with Gasteiger partial charge >= 0.3 is 0 Å². The molecule has 1 N–H and O–H groups in total. The molecule has 9 nitrogen and oxygen atoms in total. The molecule has 0 unspecified atom stereocenters. The zero-order chi connectivity index (χ0) is 23.3. The van der Waals surface area contributed by atoms with E-state index in [1.54, 1.807) is 26.2 Å². The van der Waals surface area contributed by atoms with Crippen molar-refractivity contribution in [3.8, 4) is 11.4 Å². The number of methoxy groups -OCH3 is 1. The van der Waals surface area contributed by atoms with Crippen LogP contribution in [0.5, 0.6) is 0 Å². The van der Waals surface area contributed by atoms with Gasteiger partial charge in [0.2, 0.25) is 5.91 Å². The lowest BCUT2D eigenvalue weighted by Gasteiger charge is -2.14. The van der Waals surface area contributed by atoms with Crippen LogP contribution >= 0.6 is 35.0 Å². The molecule has 1 amide bonds. The average Bonchev–Trinajstić information content (AvgIpc) is 3.16. The monoisotopic (exact) mass is 495 g/mol. The van der Waals surface area contributed by atoms with Crippen molar-refractivity contribution < 1.29 is 14.5 Å². The molecule has 1 atom stereocenters. The number of thioether (sulfide) groups is 1. The molecule has 0 saturated heterocycles. The molecule has 0 radical (unpaired) electrons. The van der Waals surface area contributed by atoms with E-state index in [2.05, 4.69) is 15.5 Å². The van der Waals surface area contributed by atoms with Crippen molar-refractivity contribution in [2.24, 2.45) is 0 Å². The summed E-state index contributed by atoms with van der Waals surface area (Å²) in [6.45, 7) is 2.65. The smallest absolute Gasteiger partial charge is 0.271 e. The van der Waals surface area contributed by atoms with Gasteiger partial charge in [0.15, 0.2) is 11.0 Å². The maximum absolute atomic E-state index is 12.7. The first-order valence-electron chi connectivity index (χ1n) is 9.39. The Balaban J connectivity index is 1.77. The number of aromatic nitrogens is 3. The number of amides is 1. The van der Waals surface area contributed by atoms with Gasteiger partial charge in [0.05, 0.1) is 34.0 Å². The third-order valence-electron chi connectivity index (χ3n) is 4.41. The summed E-state index contributed by atoms with van der Waals surface area (Å²) in [5.74, 6) is 0.298. The van der Waals surface area contributed by atoms with Gasteiger partial charge in [-0.2, -0.15) is 0 Å². The number of ether oxygens (including phenoxy) is 1. The molecule has 2 aromatic carbocycles. The molecule has 0 aliphatic carbocycles. The summed E-state index contributed by atoms with van der Waals surface area (Å²) in [4.78, 5) is 23.0. The zero-order valence-corrected chi connectivity index (χ0v) is 19.4. The Labute approximate surface area is 198 Å². The molecule has 168 valence electrons. The maximum atomic E-state index is 12.7. The number of carbonyl (C=O) groups excluding carboxylic acids is 1. The molecule has 0 fully saturated rings. The van der Waals surface area contributed by atoms with E-state index in [1.165, 1.54) is 30.0 Å². The fraction of sp³-hybridized carbons (Fsp3) is 0.250. The van der Waals surface area contributed by atoms with E-state index in [0.717, 1.165) is 5.56 Å². The van der Waals surface area contributed by atoms with Gasteiger partial charge in [-0.3, -0.25) is 19.5 Å². The molecule has 0 aliphatic heterocycles. The average molecular weight is 496 g/mol. The summed E-state index contributed by atoms with van der Waals surface area (Å²) in [7, 11) is 1.60. The van der Waals surface area contributed by atoms with Crippen LogP contribution in [0.4, 0.5) is 11.4 Å². The van der Waals surface area contributed by atoms with E-state index in [9.17, 15) is 14.9 Å². The van der Waals surface area contributed by atoms with Gasteiger partial charge in [-0.1, -0.05) is 35.0 Å². The molecule has 12 heteroatoms. The third kappa shape index (κ3) is 5.77. The molecule has 3 aromatic rings. The number of anilines is 1. The maximum Gasteiger partial charge on any atom is 0.271 e.